The summed E-state index contributed by atoms with van der Waals surface area (Å²) < 4.78 is 1.07. The molecule has 2 rings (SSSR count). The molecule has 5 nitrogen and oxygen atoms in total. The molecule has 0 bridgehead atoms. The quantitative estimate of drug-likeness (QED) is 0.566. The number of aryl methyl sites for hydroxylation is 2. The van der Waals surface area contributed by atoms with Crippen LogP contribution in [0.15, 0.2) is 22.7 Å². The van der Waals surface area contributed by atoms with Crippen LogP contribution in [0.25, 0.3) is 0 Å². The molecule has 2 aromatic rings. The van der Waals surface area contributed by atoms with Crippen molar-refractivity contribution < 1.29 is 0 Å². The van der Waals surface area contributed by atoms with Crippen LogP contribution in [-0.2, 0) is 12.8 Å². The van der Waals surface area contributed by atoms with E-state index >= 15 is 0 Å². The second kappa shape index (κ2) is 6.87. The molecule has 1 aromatic carbocycles. The monoisotopic (exact) mass is 349 g/mol. The fourth-order valence-electron chi connectivity index (χ4n) is 2.09. The van der Waals surface area contributed by atoms with Crippen LogP contribution in [0.3, 0.4) is 0 Å². The Morgan fingerprint density at radius 1 is 1.14 bits per heavy atom. The molecule has 4 N–H and O–H groups in total. The van der Waals surface area contributed by atoms with E-state index in [-0.39, 0.29) is 0 Å². The van der Waals surface area contributed by atoms with Gasteiger partial charge in [-0.1, -0.05) is 29.8 Å². The average Bonchev–Trinajstić information content (AvgIpc) is 2.50. The van der Waals surface area contributed by atoms with Gasteiger partial charge in [0.05, 0.1) is 0 Å². The van der Waals surface area contributed by atoms with E-state index in [0.717, 1.165) is 40.2 Å². The van der Waals surface area contributed by atoms with Gasteiger partial charge in [-0.05, 0) is 37.1 Å². The van der Waals surface area contributed by atoms with E-state index in [4.69, 9.17) is 5.84 Å². The molecule has 1 heterocycles. The predicted molar refractivity (Wildman–Crippen MR) is 90.8 cm³/mol. The van der Waals surface area contributed by atoms with E-state index in [9.17, 15) is 0 Å². The molecule has 1 aromatic heterocycles. The second-order valence-electron chi connectivity index (χ2n) is 4.74. The van der Waals surface area contributed by atoms with Gasteiger partial charge in [-0.2, -0.15) is 0 Å². The molecular weight excluding hydrogens is 330 g/mol. The lowest BCUT2D eigenvalue weighted by atomic mass is 10.1. The molecule has 112 valence electrons. The number of nitrogens with two attached hydrogens (primary N) is 1. The zero-order valence-electron chi connectivity index (χ0n) is 12.5. The van der Waals surface area contributed by atoms with Gasteiger partial charge < -0.3 is 10.7 Å². The lowest BCUT2D eigenvalue weighted by Gasteiger charge is -2.15. The van der Waals surface area contributed by atoms with Crippen LogP contribution < -0.4 is 16.6 Å². The Kier molecular flexibility index (Phi) is 5.14. The standard InChI is InChI=1S/C15H20BrN5/c1-4-10-8-11(16)6-7-12(10)18-14-9(3)15(21-17)20-13(5-2)19-14/h6-8H,4-5,17H2,1-3H3,(H2,18,19,20,21). The van der Waals surface area contributed by atoms with Crippen LogP contribution in [0.4, 0.5) is 17.3 Å². The number of nitrogens with one attached hydrogen (secondary N) is 2. The number of nitrogens with zero attached hydrogens (tertiary/aromatic N) is 2. The lowest BCUT2D eigenvalue weighted by molar-refractivity contribution is 0.931. The van der Waals surface area contributed by atoms with E-state index in [0.29, 0.717) is 5.82 Å². The summed E-state index contributed by atoms with van der Waals surface area (Å²) in [7, 11) is 0. The molecule has 0 spiro atoms. The molecule has 6 heteroatoms. The third-order valence-electron chi connectivity index (χ3n) is 3.35. The Hall–Kier alpha value is -1.66. The highest BCUT2D eigenvalue weighted by Crippen LogP contribution is 2.27. The van der Waals surface area contributed by atoms with E-state index in [1.54, 1.807) is 0 Å². The molecule has 21 heavy (non-hydrogen) atoms. The second-order valence-corrected chi connectivity index (χ2v) is 5.66. The van der Waals surface area contributed by atoms with E-state index in [1.807, 2.05) is 26.0 Å². The first kappa shape index (κ1) is 15.7. The number of halogens is 1. The summed E-state index contributed by atoms with van der Waals surface area (Å²) in [4.78, 5) is 8.94. The first-order valence-electron chi connectivity index (χ1n) is 6.98. The summed E-state index contributed by atoms with van der Waals surface area (Å²) in [5, 5.41) is 3.40. The minimum Gasteiger partial charge on any atom is -0.340 e. The number of benzene rings is 1. The minimum absolute atomic E-state index is 0.652. The van der Waals surface area contributed by atoms with E-state index in [1.165, 1.54) is 5.56 Å². The van der Waals surface area contributed by atoms with Gasteiger partial charge in [-0.3, -0.25) is 0 Å². The van der Waals surface area contributed by atoms with Crippen molar-refractivity contribution in [3.63, 3.8) is 0 Å². The first-order valence-corrected chi connectivity index (χ1v) is 7.77. The summed E-state index contributed by atoms with van der Waals surface area (Å²) in [5.74, 6) is 7.73. The molecule has 0 radical (unpaired) electrons. The third kappa shape index (κ3) is 3.51. The Balaban J connectivity index is 2.43. The molecule has 0 fully saturated rings. The molecule has 0 aliphatic heterocycles. The lowest BCUT2D eigenvalue weighted by Crippen LogP contribution is -2.14. The normalized spacial score (nSPS) is 10.5. The van der Waals surface area contributed by atoms with Crippen LogP contribution >= 0.6 is 15.9 Å². The number of hydrogen-bond donors (Lipinski definition) is 3. The number of hydrogen-bond acceptors (Lipinski definition) is 5. The van der Waals surface area contributed by atoms with E-state index < -0.39 is 0 Å². The van der Waals surface area contributed by atoms with Crippen molar-refractivity contribution in [2.45, 2.75) is 33.6 Å². The Morgan fingerprint density at radius 2 is 1.86 bits per heavy atom. The first-order chi connectivity index (χ1) is 10.1. The van der Waals surface area contributed by atoms with Gasteiger partial charge in [0.15, 0.2) is 0 Å². The van der Waals surface area contributed by atoms with Crippen molar-refractivity contribution in [3.8, 4) is 0 Å². The largest absolute Gasteiger partial charge is 0.340 e. The molecule has 0 saturated heterocycles. The van der Waals surface area contributed by atoms with Gasteiger partial charge in [0.2, 0.25) is 0 Å². The average molecular weight is 350 g/mol. The molecular formula is C15H20BrN5. The van der Waals surface area contributed by atoms with Crippen molar-refractivity contribution >= 4 is 33.3 Å². The number of aromatic nitrogens is 2. The summed E-state index contributed by atoms with van der Waals surface area (Å²) in [6.07, 6.45) is 1.69. The summed E-state index contributed by atoms with van der Waals surface area (Å²) >= 11 is 3.50. The van der Waals surface area contributed by atoms with Gasteiger partial charge in [0, 0.05) is 22.1 Å². The maximum atomic E-state index is 5.54. The van der Waals surface area contributed by atoms with Crippen molar-refractivity contribution in [2.75, 3.05) is 10.7 Å². The summed E-state index contributed by atoms with van der Waals surface area (Å²) in [6.45, 7) is 6.09. The van der Waals surface area contributed by atoms with Crippen molar-refractivity contribution in [2.24, 2.45) is 5.84 Å². The van der Waals surface area contributed by atoms with Gasteiger partial charge in [-0.25, -0.2) is 15.8 Å². The van der Waals surface area contributed by atoms with Gasteiger partial charge in [0.25, 0.3) is 0 Å². The maximum absolute atomic E-state index is 5.54. The smallest absolute Gasteiger partial charge is 0.148 e. The molecule has 0 atom stereocenters. The number of hydrazine groups is 1. The summed E-state index contributed by atoms with van der Waals surface area (Å²) in [5.41, 5.74) is 5.81. The number of rotatable bonds is 5. The Bertz CT molecular complexity index is 642. The SMILES string of the molecule is CCc1nc(NN)c(C)c(Nc2ccc(Br)cc2CC)n1. The fourth-order valence-corrected chi connectivity index (χ4v) is 2.50. The Morgan fingerprint density at radius 3 is 2.48 bits per heavy atom. The molecule has 0 unspecified atom stereocenters. The van der Waals surface area contributed by atoms with Gasteiger partial charge in [0.1, 0.15) is 17.5 Å². The highest BCUT2D eigenvalue weighted by Gasteiger charge is 2.11. The molecule has 0 aliphatic carbocycles. The van der Waals surface area contributed by atoms with Gasteiger partial charge in [-0.15, -0.1) is 0 Å². The fraction of sp³-hybridized carbons (Fsp3) is 0.333. The molecule has 0 saturated carbocycles. The van der Waals surface area contributed by atoms with Crippen LogP contribution in [0.5, 0.6) is 0 Å². The molecule has 0 aliphatic rings. The number of nitrogen functional groups attached to an aromatic ring is 1. The van der Waals surface area contributed by atoms with Crippen molar-refractivity contribution in [1.82, 2.24) is 9.97 Å². The highest BCUT2D eigenvalue weighted by molar-refractivity contribution is 9.10. The highest BCUT2D eigenvalue weighted by atomic mass is 79.9. The topological polar surface area (TPSA) is 75.9 Å². The zero-order chi connectivity index (χ0) is 15.4. The predicted octanol–water partition coefficient (Wildman–Crippen LogP) is 3.70. The van der Waals surface area contributed by atoms with Crippen molar-refractivity contribution in [1.29, 1.82) is 0 Å². The zero-order valence-corrected chi connectivity index (χ0v) is 14.1. The van der Waals surface area contributed by atoms with Crippen LogP contribution in [-0.4, -0.2) is 9.97 Å². The Labute approximate surface area is 133 Å². The van der Waals surface area contributed by atoms with Crippen LogP contribution in [0, 0.1) is 6.92 Å². The van der Waals surface area contributed by atoms with E-state index in [2.05, 4.69) is 49.6 Å². The summed E-state index contributed by atoms with van der Waals surface area (Å²) in [6, 6.07) is 6.17. The molecule has 0 amide bonds. The van der Waals surface area contributed by atoms with Crippen molar-refractivity contribution in [3.05, 3.63) is 39.6 Å². The maximum Gasteiger partial charge on any atom is 0.148 e. The minimum atomic E-state index is 0.652. The van der Waals surface area contributed by atoms with Crippen LogP contribution in [0.1, 0.15) is 30.8 Å². The van der Waals surface area contributed by atoms with Crippen LogP contribution in [0.2, 0.25) is 0 Å². The number of anilines is 3. The third-order valence-corrected chi connectivity index (χ3v) is 3.84. The van der Waals surface area contributed by atoms with Gasteiger partial charge >= 0.3 is 0 Å².